The minimum Gasteiger partial charge on any atom is -0.396 e. The van der Waals surface area contributed by atoms with E-state index >= 15 is 0 Å². The fraction of sp³-hybridized carbons (Fsp3) is 0.571. The number of aliphatic hydroxyl groups excluding tert-OH is 1. The predicted molar refractivity (Wildman–Crippen MR) is 71.5 cm³/mol. The minimum atomic E-state index is 0.227. The van der Waals surface area contributed by atoms with Gasteiger partial charge in [-0.3, -0.25) is 0 Å². The van der Waals surface area contributed by atoms with Crippen molar-refractivity contribution in [2.24, 2.45) is 5.41 Å². The van der Waals surface area contributed by atoms with Gasteiger partial charge in [0.2, 0.25) is 0 Å². The van der Waals surface area contributed by atoms with Crippen LogP contribution in [0.3, 0.4) is 0 Å². The van der Waals surface area contributed by atoms with E-state index in [1.54, 1.807) is 0 Å². The molecule has 1 unspecified atom stereocenters. The first kappa shape index (κ1) is 11.6. The Balaban J connectivity index is 1.54. The molecule has 1 saturated carbocycles. The van der Waals surface area contributed by atoms with Gasteiger partial charge >= 0.3 is 0 Å². The number of hydrogen-bond acceptors (Lipinski definition) is 3. The summed E-state index contributed by atoms with van der Waals surface area (Å²) in [6.07, 6.45) is 2.37. The zero-order chi connectivity index (χ0) is 11.7. The molecule has 2 N–H and O–H groups in total. The second kappa shape index (κ2) is 4.63. The molecule has 92 valence electrons. The van der Waals surface area contributed by atoms with Gasteiger partial charge in [-0.1, -0.05) is 18.2 Å². The molecule has 1 aliphatic carbocycles. The third-order valence-electron chi connectivity index (χ3n) is 3.98. The van der Waals surface area contributed by atoms with Crippen LogP contribution >= 0.6 is 11.8 Å². The first-order valence-electron chi connectivity index (χ1n) is 6.36. The highest BCUT2D eigenvalue weighted by molar-refractivity contribution is 7.99. The molecule has 2 nitrogen and oxygen atoms in total. The highest BCUT2D eigenvalue weighted by Crippen LogP contribution is 2.44. The van der Waals surface area contributed by atoms with Crippen LogP contribution in [0, 0.1) is 5.41 Å². The molecule has 1 aromatic rings. The quantitative estimate of drug-likeness (QED) is 0.839. The van der Waals surface area contributed by atoms with Crippen LogP contribution < -0.4 is 5.32 Å². The zero-order valence-corrected chi connectivity index (χ0v) is 10.8. The molecule has 1 aliphatic heterocycles. The fourth-order valence-corrected chi connectivity index (χ4v) is 3.73. The normalized spacial score (nSPS) is 24.6. The van der Waals surface area contributed by atoms with Gasteiger partial charge in [0.15, 0.2) is 0 Å². The Kier molecular flexibility index (Phi) is 3.16. The minimum absolute atomic E-state index is 0.227. The van der Waals surface area contributed by atoms with Crippen LogP contribution in [-0.2, 0) is 0 Å². The van der Waals surface area contributed by atoms with Crippen LogP contribution in [0.2, 0.25) is 0 Å². The van der Waals surface area contributed by atoms with E-state index in [0.717, 1.165) is 13.1 Å². The summed E-state index contributed by atoms with van der Waals surface area (Å²) >= 11 is 1.97. The maximum atomic E-state index is 9.26. The van der Waals surface area contributed by atoms with E-state index in [4.69, 9.17) is 0 Å². The molecule has 1 aromatic carbocycles. The summed E-state index contributed by atoms with van der Waals surface area (Å²) in [5.74, 6) is 1.84. The number of thioether (sulfide) groups is 1. The molecular formula is C14H19NOS. The number of fused-ring (bicyclic) bond motifs is 1. The standard InChI is InChI=1S/C14H19NOS/c16-10-14(5-6-14)9-15-7-11-8-17-13-4-2-1-3-12(11)13/h1-4,11,15-16H,5-10H2. The zero-order valence-electron chi connectivity index (χ0n) is 9.98. The van der Waals surface area contributed by atoms with Gasteiger partial charge < -0.3 is 10.4 Å². The molecule has 1 heterocycles. The lowest BCUT2D eigenvalue weighted by Crippen LogP contribution is -2.30. The summed E-state index contributed by atoms with van der Waals surface area (Å²) in [4.78, 5) is 1.45. The van der Waals surface area contributed by atoms with Gasteiger partial charge in [0.25, 0.3) is 0 Å². The summed E-state index contributed by atoms with van der Waals surface area (Å²) in [5, 5.41) is 12.8. The van der Waals surface area contributed by atoms with Gasteiger partial charge in [0.1, 0.15) is 0 Å². The van der Waals surface area contributed by atoms with E-state index < -0.39 is 0 Å². The molecule has 1 atom stereocenters. The Bertz CT molecular complexity index is 403. The molecule has 0 aromatic heterocycles. The van der Waals surface area contributed by atoms with E-state index in [2.05, 4.69) is 29.6 Å². The molecule has 3 heteroatoms. The lowest BCUT2D eigenvalue weighted by Gasteiger charge is -2.16. The second-order valence-electron chi connectivity index (χ2n) is 5.33. The van der Waals surface area contributed by atoms with E-state index in [1.807, 2.05) is 11.8 Å². The van der Waals surface area contributed by atoms with Crippen molar-refractivity contribution >= 4 is 11.8 Å². The van der Waals surface area contributed by atoms with Crippen molar-refractivity contribution in [3.63, 3.8) is 0 Å². The average molecular weight is 249 g/mol. The largest absolute Gasteiger partial charge is 0.396 e. The molecule has 0 amide bonds. The highest BCUT2D eigenvalue weighted by atomic mass is 32.2. The summed E-state index contributed by atoms with van der Waals surface area (Å²) < 4.78 is 0. The van der Waals surface area contributed by atoms with Crippen LogP contribution in [0.5, 0.6) is 0 Å². The third kappa shape index (κ3) is 2.37. The van der Waals surface area contributed by atoms with Crippen LogP contribution in [0.25, 0.3) is 0 Å². The fourth-order valence-electron chi connectivity index (χ4n) is 2.48. The topological polar surface area (TPSA) is 32.3 Å². The molecule has 0 bridgehead atoms. The Morgan fingerprint density at radius 1 is 1.35 bits per heavy atom. The van der Waals surface area contributed by atoms with E-state index in [0.29, 0.717) is 12.5 Å². The van der Waals surface area contributed by atoms with Crippen molar-refractivity contribution in [1.29, 1.82) is 0 Å². The Labute approximate surface area is 107 Å². The maximum absolute atomic E-state index is 9.26. The van der Waals surface area contributed by atoms with Gasteiger partial charge in [-0.25, -0.2) is 0 Å². The van der Waals surface area contributed by atoms with Crippen LogP contribution in [-0.4, -0.2) is 30.6 Å². The molecule has 0 saturated heterocycles. The summed E-state index contributed by atoms with van der Waals surface area (Å²) in [7, 11) is 0. The van der Waals surface area contributed by atoms with E-state index in [1.165, 1.54) is 29.1 Å². The van der Waals surface area contributed by atoms with Gasteiger partial charge in [-0.15, -0.1) is 11.8 Å². The van der Waals surface area contributed by atoms with Crippen molar-refractivity contribution in [2.45, 2.75) is 23.7 Å². The smallest absolute Gasteiger partial charge is 0.0499 e. The Hall–Kier alpha value is -0.510. The SMILES string of the molecule is OCC1(CNCC2CSc3ccccc32)CC1. The summed E-state index contributed by atoms with van der Waals surface area (Å²) in [5.41, 5.74) is 1.73. The second-order valence-corrected chi connectivity index (χ2v) is 6.40. The van der Waals surface area contributed by atoms with E-state index in [9.17, 15) is 5.11 Å². The lowest BCUT2D eigenvalue weighted by atomic mass is 10.0. The molecule has 1 fully saturated rings. The Morgan fingerprint density at radius 2 is 2.18 bits per heavy atom. The predicted octanol–water partition coefficient (Wildman–Crippen LogP) is 2.24. The molecule has 17 heavy (non-hydrogen) atoms. The average Bonchev–Trinajstić information content (AvgIpc) is 3.04. The molecular weight excluding hydrogens is 230 g/mol. The van der Waals surface area contributed by atoms with Crippen molar-refractivity contribution in [1.82, 2.24) is 5.32 Å². The van der Waals surface area contributed by atoms with Crippen molar-refractivity contribution in [3.05, 3.63) is 29.8 Å². The van der Waals surface area contributed by atoms with Crippen molar-refractivity contribution in [3.8, 4) is 0 Å². The van der Waals surface area contributed by atoms with Crippen LogP contribution in [0.4, 0.5) is 0 Å². The number of nitrogens with one attached hydrogen (secondary N) is 1. The van der Waals surface area contributed by atoms with Gasteiger partial charge in [-0.05, 0) is 24.5 Å². The molecule has 3 rings (SSSR count). The van der Waals surface area contributed by atoms with Gasteiger partial charge in [0, 0.05) is 41.7 Å². The first-order chi connectivity index (χ1) is 8.33. The Morgan fingerprint density at radius 3 is 2.94 bits per heavy atom. The number of aliphatic hydroxyl groups is 1. The maximum Gasteiger partial charge on any atom is 0.0499 e. The van der Waals surface area contributed by atoms with Gasteiger partial charge in [0.05, 0.1) is 0 Å². The van der Waals surface area contributed by atoms with E-state index in [-0.39, 0.29) is 5.41 Å². The van der Waals surface area contributed by atoms with Gasteiger partial charge in [-0.2, -0.15) is 0 Å². The number of rotatable bonds is 5. The molecule has 0 radical (unpaired) electrons. The number of hydrogen-bond donors (Lipinski definition) is 2. The monoisotopic (exact) mass is 249 g/mol. The first-order valence-corrected chi connectivity index (χ1v) is 7.35. The van der Waals surface area contributed by atoms with Crippen molar-refractivity contribution < 1.29 is 5.11 Å². The van der Waals surface area contributed by atoms with Crippen molar-refractivity contribution in [2.75, 3.05) is 25.4 Å². The summed E-state index contributed by atoms with van der Waals surface area (Å²) in [6, 6.07) is 8.72. The van der Waals surface area contributed by atoms with Crippen LogP contribution in [0.15, 0.2) is 29.2 Å². The third-order valence-corrected chi connectivity index (χ3v) is 5.23. The highest BCUT2D eigenvalue weighted by Gasteiger charge is 2.41. The van der Waals surface area contributed by atoms with Crippen LogP contribution in [0.1, 0.15) is 24.3 Å². The lowest BCUT2D eigenvalue weighted by molar-refractivity contribution is 0.207. The summed E-state index contributed by atoms with van der Waals surface area (Å²) in [6.45, 7) is 2.37. The molecule has 2 aliphatic rings. The molecule has 0 spiro atoms. The number of benzene rings is 1.